The number of para-hydroxylation sites is 1. The predicted octanol–water partition coefficient (Wildman–Crippen LogP) is 4.98. The molecule has 0 amide bonds. The number of rotatable bonds is 1. The summed E-state index contributed by atoms with van der Waals surface area (Å²) in [6, 6.07) is 25.2. The largest absolute Gasteiger partial charge is 0.248 e. The molecule has 0 saturated heterocycles. The van der Waals surface area contributed by atoms with Gasteiger partial charge in [-0.3, -0.25) is 0 Å². The first-order chi connectivity index (χ1) is 10.9. The molecule has 4 aromatic rings. The molecule has 3 aromatic carbocycles. The van der Waals surface area contributed by atoms with Gasteiger partial charge in [0.1, 0.15) is 0 Å². The molecule has 0 N–H and O–H groups in total. The molecule has 0 atom stereocenters. The van der Waals surface area contributed by atoms with E-state index in [1.807, 2.05) is 12.1 Å². The summed E-state index contributed by atoms with van der Waals surface area (Å²) in [4.78, 5) is 4.83. The summed E-state index contributed by atoms with van der Waals surface area (Å²) < 4.78 is 0. The molecular formula is C21H12N. The first-order valence-electron chi connectivity index (χ1n) is 7.42. The van der Waals surface area contributed by atoms with Crippen molar-refractivity contribution in [3.63, 3.8) is 0 Å². The van der Waals surface area contributed by atoms with Crippen LogP contribution < -0.4 is 0 Å². The van der Waals surface area contributed by atoms with Crippen molar-refractivity contribution in [1.29, 1.82) is 0 Å². The smallest absolute Gasteiger partial charge is 0.0722 e. The average molecular weight is 278 g/mol. The van der Waals surface area contributed by atoms with Gasteiger partial charge in [0.25, 0.3) is 0 Å². The van der Waals surface area contributed by atoms with E-state index in [0.29, 0.717) is 0 Å². The zero-order chi connectivity index (χ0) is 14.5. The van der Waals surface area contributed by atoms with Gasteiger partial charge in [-0.2, -0.15) is 0 Å². The van der Waals surface area contributed by atoms with E-state index in [9.17, 15) is 0 Å². The van der Waals surface area contributed by atoms with Crippen LogP contribution in [0.3, 0.4) is 0 Å². The fourth-order valence-electron chi connectivity index (χ4n) is 3.26. The molecule has 1 aromatic heterocycles. The molecule has 1 radical (unpaired) electrons. The molecule has 1 aliphatic carbocycles. The van der Waals surface area contributed by atoms with E-state index in [2.05, 4.69) is 66.7 Å². The maximum absolute atomic E-state index is 4.83. The SMILES string of the molecule is [C]1=C(c2ccc3ccccc3n2)c2cccc3cccc1c23. The summed E-state index contributed by atoms with van der Waals surface area (Å²) in [6.07, 6.45) is 3.54. The van der Waals surface area contributed by atoms with E-state index < -0.39 is 0 Å². The summed E-state index contributed by atoms with van der Waals surface area (Å²) in [5.41, 5.74) is 5.51. The molecule has 101 valence electrons. The second-order valence-electron chi connectivity index (χ2n) is 5.60. The lowest BCUT2D eigenvalue weighted by atomic mass is 10.0. The van der Waals surface area contributed by atoms with Crippen LogP contribution in [0.25, 0.3) is 27.2 Å². The van der Waals surface area contributed by atoms with Crippen molar-refractivity contribution in [2.45, 2.75) is 0 Å². The molecule has 22 heavy (non-hydrogen) atoms. The van der Waals surface area contributed by atoms with E-state index in [1.54, 1.807) is 0 Å². The van der Waals surface area contributed by atoms with Crippen molar-refractivity contribution in [3.8, 4) is 0 Å². The van der Waals surface area contributed by atoms with Crippen LogP contribution in [-0.2, 0) is 0 Å². The van der Waals surface area contributed by atoms with Crippen molar-refractivity contribution < 1.29 is 0 Å². The Labute approximate surface area is 128 Å². The normalized spacial score (nSPS) is 12.8. The summed E-state index contributed by atoms with van der Waals surface area (Å²) in [5, 5.41) is 3.72. The molecular weight excluding hydrogens is 266 g/mol. The highest BCUT2D eigenvalue weighted by molar-refractivity contribution is 6.04. The summed E-state index contributed by atoms with van der Waals surface area (Å²) in [6.45, 7) is 0. The van der Waals surface area contributed by atoms with Gasteiger partial charge in [0.05, 0.1) is 11.2 Å². The Balaban J connectivity index is 1.78. The van der Waals surface area contributed by atoms with E-state index in [-0.39, 0.29) is 0 Å². The minimum Gasteiger partial charge on any atom is -0.248 e. The maximum Gasteiger partial charge on any atom is 0.0722 e. The van der Waals surface area contributed by atoms with Crippen molar-refractivity contribution in [1.82, 2.24) is 4.98 Å². The molecule has 0 aliphatic heterocycles. The topological polar surface area (TPSA) is 12.9 Å². The van der Waals surface area contributed by atoms with Crippen LogP contribution in [0.4, 0.5) is 0 Å². The van der Waals surface area contributed by atoms with Gasteiger partial charge in [0.2, 0.25) is 0 Å². The van der Waals surface area contributed by atoms with Gasteiger partial charge >= 0.3 is 0 Å². The zero-order valence-electron chi connectivity index (χ0n) is 11.9. The van der Waals surface area contributed by atoms with Gasteiger partial charge in [-0.25, -0.2) is 4.98 Å². The van der Waals surface area contributed by atoms with Crippen LogP contribution in [0.2, 0.25) is 0 Å². The lowest BCUT2D eigenvalue weighted by Crippen LogP contribution is -1.90. The lowest BCUT2D eigenvalue weighted by Gasteiger charge is -2.06. The Morgan fingerprint density at radius 1 is 0.682 bits per heavy atom. The van der Waals surface area contributed by atoms with Crippen LogP contribution in [0, 0.1) is 6.08 Å². The number of fused-ring (bicyclic) bond motifs is 1. The van der Waals surface area contributed by atoms with Crippen LogP contribution in [0.5, 0.6) is 0 Å². The van der Waals surface area contributed by atoms with Crippen LogP contribution in [0.1, 0.15) is 16.8 Å². The van der Waals surface area contributed by atoms with Crippen molar-refractivity contribution >= 4 is 27.2 Å². The minimum atomic E-state index is 0.988. The van der Waals surface area contributed by atoms with E-state index >= 15 is 0 Å². The number of hydrogen-bond donors (Lipinski definition) is 0. The fourth-order valence-corrected chi connectivity index (χ4v) is 3.26. The number of nitrogens with zero attached hydrogens (tertiary/aromatic N) is 1. The number of hydrogen-bond acceptors (Lipinski definition) is 1. The highest BCUT2D eigenvalue weighted by Gasteiger charge is 2.18. The van der Waals surface area contributed by atoms with Gasteiger partial charge in [-0.15, -0.1) is 0 Å². The molecule has 0 spiro atoms. The second kappa shape index (κ2) is 4.28. The van der Waals surface area contributed by atoms with E-state index in [1.165, 1.54) is 21.7 Å². The highest BCUT2D eigenvalue weighted by Crippen LogP contribution is 2.37. The highest BCUT2D eigenvalue weighted by atomic mass is 14.7. The Hall–Kier alpha value is -2.93. The first-order valence-corrected chi connectivity index (χ1v) is 7.42. The maximum atomic E-state index is 4.83. The first kappa shape index (κ1) is 11.7. The Kier molecular flexibility index (Phi) is 2.28. The summed E-state index contributed by atoms with van der Waals surface area (Å²) >= 11 is 0. The molecule has 1 heterocycles. The van der Waals surface area contributed by atoms with Crippen molar-refractivity contribution in [2.75, 3.05) is 0 Å². The van der Waals surface area contributed by atoms with Gasteiger partial charge in [0, 0.05) is 17.0 Å². The van der Waals surface area contributed by atoms with Crippen LogP contribution in [-0.4, -0.2) is 4.98 Å². The van der Waals surface area contributed by atoms with Gasteiger partial charge in [-0.1, -0.05) is 60.7 Å². The molecule has 0 saturated carbocycles. The Morgan fingerprint density at radius 2 is 1.50 bits per heavy atom. The third-order valence-electron chi connectivity index (χ3n) is 4.29. The zero-order valence-corrected chi connectivity index (χ0v) is 11.9. The quantitative estimate of drug-likeness (QED) is 0.421. The standard InChI is InChI=1S/C21H12N/c1-2-10-19-14(5-1)11-12-20(22-19)18-13-16-8-3-6-15-7-4-9-17(18)21(15)16/h1-12H. The fraction of sp³-hybridized carbons (Fsp3) is 0. The molecule has 5 rings (SSSR count). The monoisotopic (exact) mass is 278 g/mol. The van der Waals surface area contributed by atoms with Crippen LogP contribution >= 0.6 is 0 Å². The van der Waals surface area contributed by atoms with Crippen molar-refractivity contribution in [2.24, 2.45) is 0 Å². The van der Waals surface area contributed by atoms with Crippen LogP contribution in [0.15, 0.2) is 72.8 Å². The predicted molar refractivity (Wildman–Crippen MR) is 90.5 cm³/mol. The summed E-state index contributed by atoms with van der Waals surface area (Å²) in [5.74, 6) is 0. The number of pyridine rings is 1. The number of benzene rings is 3. The third-order valence-corrected chi connectivity index (χ3v) is 4.29. The Morgan fingerprint density at radius 3 is 2.45 bits per heavy atom. The number of aromatic nitrogens is 1. The van der Waals surface area contributed by atoms with E-state index in [0.717, 1.165) is 22.3 Å². The second-order valence-corrected chi connectivity index (χ2v) is 5.60. The molecule has 0 unspecified atom stereocenters. The summed E-state index contributed by atoms with van der Waals surface area (Å²) in [7, 11) is 0. The van der Waals surface area contributed by atoms with Gasteiger partial charge < -0.3 is 0 Å². The molecule has 1 heteroatoms. The minimum absolute atomic E-state index is 0.988. The lowest BCUT2D eigenvalue weighted by molar-refractivity contribution is 1.34. The molecule has 1 aliphatic rings. The van der Waals surface area contributed by atoms with Gasteiger partial charge in [-0.05, 0) is 34.0 Å². The third kappa shape index (κ3) is 1.57. The van der Waals surface area contributed by atoms with Gasteiger partial charge in [0.15, 0.2) is 0 Å². The molecule has 0 fully saturated rings. The van der Waals surface area contributed by atoms with E-state index in [4.69, 9.17) is 4.98 Å². The molecule has 0 bridgehead atoms. The Bertz CT molecular complexity index is 1070. The molecule has 1 nitrogen and oxygen atoms in total. The van der Waals surface area contributed by atoms with Crippen molar-refractivity contribution in [3.05, 3.63) is 95.7 Å². The average Bonchev–Trinajstić information content (AvgIpc) is 2.96.